The molecule has 2 aromatic rings. The van der Waals surface area contributed by atoms with Gasteiger partial charge in [0.15, 0.2) is 0 Å². The third kappa shape index (κ3) is 5.07. The fraction of sp³-hybridized carbons (Fsp3) is 0.440. The number of carboxylic acids is 1. The van der Waals surface area contributed by atoms with E-state index in [2.05, 4.69) is 26.7 Å². The van der Waals surface area contributed by atoms with E-state index in [0.717, 1.165) is 31.5 Å². The third-order valence-corrected chi connectivity index (χ3v) is 6.46. The number of carbonyl (C=O) groups is 1. The summed E-state index contributed by atoms with van der Waals surface area (Å²) in [6.45, 7) is 10.2. The van der Waals surface area contributed by atoms with Crippen molar-refractivity contribution in [3.63, 3.8) is 0 Å². The molecule has 3 heterocycles. The number of benzene rings is 1. The summed E-state index contributed by atoms with van der Waals surface area (Å²) in [5.41, 5.74) is 3.73. The van der Waals surface area contributed by atoms with Crippen LogP contribution in [0.4, 0.5) is 11.5 Å². The fourth-order valence-corrected chi connectivity index (χ4v) is 4.66. The fourth-order valence-electron chi connectivity index (χ4n) is 4.66. The maximum absolute atomic E-state index is 12.0. The van der Waals surface area contributed by atoms with Crippen molar-refractivity contribution in [3.8, 4) is 0 Å². The van der Waals surface area contributed by atoms with Gasteiger partial charge in [-0.1, -0.05) is 42.8 Å². The van der Waals surface area contributed by atoms with Crippen LogP contribution in [0.25, 0.3) is 5.70 Å². The largest absolute Gasteiger partial charge is 0.478 e. The minimum atomic E-state index is -0.953. The molecule has 2 N–H and O–H groups in total. The molecule has 0 atom stereocenters. The van der Waals surface area contributed by atoms with E-state index in [1.807, 2.05) is 31.2 Å². The van der Waals surface area contributed by atoms with E-state index in [-0.39, 0.29) is 5.56 Å². The lowest BCUT2D eigenvalue weighted by atomic mass is 9.99. The lowest BCUT2D eigenvalue weighted by Gasteiger charge is -2.40. The lowest BCUT2D eigenvalue weighted by molar-refractivity contribution is 0.0697. The first-order valence-corrected chi connectivity index (χ1v) is 11.3. The molecule has 1 aromatic carbocycles. The first-order chi connectivity index (χ1) is 15.0. The van der Waals surface area contributed by atoms with E-state index in [4.69, 9.17) is 0 Å². The number of hydrogen-bond donors (Lipinski definition) is 2. The molecule has 0 aliphatic carbocycles. The summed E-state index contributed by atoms with van der Waals surface area (Å²) in [6.07, 6.45) is 7.77. The van der Waals surface area contributed by atoms with Crippen LogP contribution < -0.4 is 10.2 Å². The number of piperidine rings is 2. The van der Waals surface area contributed by atoms with E-state index in [9.17, 15) is 9.90 Å². The van der Waals surface area contributed by atoms with Crippen LogP contribution in [0.15, 0.2) is 43.1 Å². The molecule has 2 saturated heterocycles. The van der Waals surface area contributed by atoms with Gasteiger partial charge in [-0.3, -0.25) is 0 Å². The summed E-state index contributed by atoms with van der Waals surface area (Å²) in [5.74, 6) is -0.388. The Kier molecular flexibility index (Phi) is 6.56. The average molecular weight is 421 g/mol. The van der Waals surface area contributed by atoms with Gasteiger partial charge in [-0.25, -0.2) is 9.78 Å². The number of aromatic nitrogens is 1. The predicted molar refractivity (Wildman–Crippen MR) is 126 cm³/mol. The van der Waals surface area contributed by atoms with E-state index in [1.165, 1.54) is 37.9 Å². The standard InChI is InChI=1S/C25H32N4O2/c1-18-6-8-20(9-7-18)19(2)27-21-16-23(25(30)31)24(26-17-21)29-14-10-22(11-15-29)28-12-4-3-5-13-28/h6-9,16-17,22,27H,2-5,10-15H2,1H3,(H,30,31). The number of rotatable bonds is 6. The Hall–Kier alpha value is -2.86. The monoisotopic (exact) mass is 420 g/mol. The Bertz CT molecular complexity index is 927. The van der Waals surface area contributed by atoms with E-state index >= 15 is 0 Å². The van der Waals surface area contributed by atoms with Crippen LogP contribution in [0.2, 0.25) is 0 Å². The molecule has 2 aliphatic rings. The topological polar surface area (TPSA) is 68.7 Å². The van der Waals surface area contributed by atoms with Crippen molar-refractivity contribution < 1.29 is 9.90 Å². The first kappa shape index (κ1) is 21.4. The molecule has 2 fully saturated rings. The van der Waals surface area contributed by atoms with Gasteiger partial charge in [0.25, 0.3) is 0 Å². The molecule has 4 rings (SSSR count). The Morgan fingerprint density at radius 1 is 1.10 bits per heavy atom. The maximum Gasteiger partial charge on any atom is 0.339 e. The van der Waals surface area contributed by atoms with Crippen molar-refractivity contribution in [2.75, 3.05) is 36.4 Å². The van der Waals surface area contributed by atoms with Crippen LogP contribution >= 0.6 is 0 Å². The summed E-state index contributed by atoms with van der Waals surface area (Å²) < 4.78 is 0. The summed E-state index contributed by atoms with van der Waals surface area (Å²) in [4.78, 5) is 21.3. The van der Waals surface area contributed by atoms with Gasteiger partial charge in [-0.05, 0) is 57.3 Å². The van der Waals surface area contributed by atoms with E-state index < -0.39 is 5.97 Å². The van der Waals surface area contributed by atoms with Crippen LogP contribution in [-0.4, -0.2) is 53.2 Å². The molecular weight excluding hydrogens is 388 g/mol. The van der Waals surface area contributed by atoms with Gasteiger partial charge in [0, 0.05) is 24.8 Å². The molecule has 31 heavy (non-hydrogen) atoms. The van der Waals surface area contributed by atoms with Gasteiger partial charge in [0.2, 0.25) is 0 Å². The predicted octanol–water partition coefficient (Wildman–Crippen LogP) is 4.63. The van der Waals surface area contributed by atoms with Crippen LogP contribution in [0.1, 0.15) is 53.6 Å². The second-order valence-electron chi connectivity index (χ2n) is 8.68. The molecule has 2 aliphatic heterocycles. The van der Waals surface area contributed by atoms with Crippen molar-refractivity contribution in [1.29, 1.82) is 0 Å². The molecule has 0 amide bonds. The number of nitrogens with one attached hydrogen (secondary N) is 1. The maximum atomic E-state index is 12.0. The number of pyridine rings is 1. The van der Waals surface area contributed by atoms with Crippen LogP contribution in [0.5, 0.6) is 0 Å². The minimum Gasteiger partial charge on any atom is -0.478 e. The van der Waals surface area contributed by atoms with Crippen molar-refractivity contribution >= 4 is 23.2 Å². The Morgan fingerprint density at radius 3 is 2.42 bits per heavy atom. The normalized spacial score (nSPS) is 18.0. The van der Waals surface area contributed by atoms with Gasteiger partial charge in [0.1, 0.15) is 11.4 Å². The smallest absolute Gasteiger partial charge is 0.339 e. The quantitative estimate of drug-likeness (QED) is 0.710. The highest BCUT2D eigenvalue weighted by molar-refractivity contribution is 5.95. The Labute approximate surface area is 184 Å². The molecule has 0 unspecified atom stereocenters. The van der Waals surface area contributed by atoms with Gasteiger partial charge in [-0.2, -0.15) is 0 Å². The van der Waals surface area contributed by atoms with Crippen molar-refractivity contribution in [3.05, 3.63) is 59.8 Å². The molecule has 0 bridgehead atoms. The van der Waals surface area contributed by atoms with E-state index in [1.54, 1.807) is 12.3 Å². The van der Waals surface area contributed by atoms with Crippen LogP contribution in [0.3, 0.4) is 0 Å². The summed E-state index contributed by atoms with van der Waals surface area (Å²) in [6, 6.07) is 10.3. The zero-order chi connectivity index (χ0) is 21.8. The molecule has 6 heteroatoms. The van der Waals surface area contributed by atoms with Crippen LogP contribution in [0, 0.1) is 6.92 Å². The molecular formula is C25H32N4O2. The number of aromatic carboxylic acids is 1. The number of aryl methyl sites for hydroxylation is 1. The number of likely N-dealkylation sites (tertiary alicyclic amines) is 1. The SMILES string of the molecule is C=C(Nc1cnc(N2CCC(N3CCCCC3)CC2)c(C(=O)O)c1)c1ccc(C)cc1. The Balaban J connectivity index is 1.44. The number of anilines is 2. The number of hydrogen-bond acceptors (Lipinski definition) is 5. The Morgan fingerprint density at radius 2 is 1.77 bits per heavy atom. The van der Waals surface area contributed by atoms with Crippen LogP contribution in [-0.2, 0) is 0 Å². The second-order valence-corrected chi connectivity index (χ2v) is 8.68. The van der Waals surface area contributed by atoms with Gasteiger partial charge < -0.3 is 20.2 Å². The molecule has 0 spiro atoms. The molecule has 0 radical (unpaired) electrons. The first-order valence-electron chi connectivity index (χ1n) is 11.3. The number of nitrogens with zero attached hydrogens (tertiary/aromatic N) is 3. The van der Waals surface area contributed by atoms with E-state index in [0.29, 0.717) is 23.2 Å². The summed E-state index contributed by atoms with van der Waals surface area (Å²) in [7, 11) is 0. The average Bonchev–Trinajstić information content (AvgIpc) is 2.80. The van der Waals surface area contributed by atoms with Crippen molar-refractivity contribution in [2.45, 2.75) is 45.1 Å². The third-order valence-electron chi connectivity index (χ3n) is 6.46. The van der Waals surface area contributed by atoms with Gasteiger partial charge >= 0.3 is 5.97 Å². The highest BCUT2D eigenvalue weighted by Crippen LogP contribution is 2.28. The zero-order valence-electron chi connectivity index (χ0n) is 18.3. The molecule has 6 nitrogen and oxygen atoms in total. The molecule has 164 valence electrons. The van der Waals surface area contributed by atoms with Crippen molar-refractivity contribution in [1.82, 2.24) is 9.88 Å². The van der Waals surface area contributed by atoms with Gasteiger partial charge in [-0.15, -0.1) is 0 Å². The minimum absolute atomic E-state index is 0.234. The molecule has 1 aromatic heterocycles. The lowest BCUT2D eigenvalue weighted by Crippen LogP contribution is -2.47. The number of carboxylic acid groups (broad SMARTS) is 1. The highest BCUT2D eigenvalue weighted by atomic mass is 16.4. The summed E-state index contributed by atoms with van der Waals surface area (Å²) >= 11 is 0. The zero-order valence-corrected chi connectivity index (χ0v) is 18.3. The molecule has 0 saturated carbocycles. The second kappa shape index (κ2) is 9.52. The summed E-state index contributed by atoms with van der Waals surface area (Å²) in [5, 5.41) is 13.0. The highest BCUT2D eigenvalue weighted by Gasteiger charge is 2.28. The van der Waals surface area contributed by atoms with Gasteiger partial charge in [0.05, 0.1) is 11.9 Å². The van der Waals surface area contributed by atoms with Crippen molar-refractivity contribution in [2.24, 2.45) is 0 Å².